The van der Waals surface area contributed by atoms with Crippen LogP contribution in [0.2, 0.25) is 0 Å². The molecule has 8 heteroatoms. The summed E-state index contributed by atoms with van der Waals surface area (Å²) in [6, 6.07) is 4.88. The van der Waals surface area contributed by atoms with Gasteiger partial charge in [-0.1, -0.05) is 0 Å². The minimum Gasteiger partial charge on any atom is -0.455 e. The number of rotatable bonds is 3. The van der Waals surface area contributed by atoms with Gasteiger partial charge < -0.3 is 10.5 Å². The number of amides is 1. The molecule has 2 rings (SSSR count). The Morgan fingerprint density at radius 1 is 1.20 bits per heavy atom. The van der Waals surface area contributed by atoms with Crippen LogP contribution in [0.4, 0.5) is 13.2 Å². The molecule has 20 heavy (non-hydrogen) atoms. The van der Waals surface area contributed by atoms with E-state index in [4.69, 9.17) is 10.5 Å². The first-order valence-corrected chi connectivity index (χ1v) is 5.34. The van der Waals surface area contributed by atoms with Gasteiger partial charge in [0, 0.05) is 18.5 Å². The number of nitrogens with zero attached hydrogens (tertiary/aromatic N) is 2. The Hall–Kier alpha value is -2.64. The predicted molar refractivity (Wildman–Crippen MR) is 62.1 cm³/mol. The Balaban J connectivity index is 2.36. The number of carbonyl (C=O) groups is 1. The van der Waals surface area contributed by atoms with E-state index in [2.05, 4.69) is 9.97 Å². The van der Waals surface area contributed by atoms with Gasteiger partial charge in [0.2, 0.25) is 0 Å². The first-order chi connectivity index (χ1) is 9.38. The largest absolute Gasteiger partial charge is 0.455 e. The SMILES string of the molecule is NC(=O)c1cc(Oc2cccnc2C(F)(F)F)ccn1. The van der Waals surface area contributed by atoms with Gasteiger partial charge in [0.1, 0.15) is 11.4 Å². The summed E-state index contributed by atoms with van der Waals surface area (Å²) >= 11 is 0. The van der Waals surface area contributed by atoms with E-state index in [-0.39, 0.29) is 11.4 Å². The topological polar surface area (TPSA) is 78.1 Å². The van der Waals surface area contributed by atoms with Gasteiger partial charge in [0.15, 0.2) is 11.4 Å². The lowest BCUT2D eigenvalue weighted by atomic mass is 10.3. The van der Waals surface area contributed by atoms with Crippen LogP contribution >= 0.6 is 0 Å². The second kappa shape index (κ2) is 5.16. The van der Waals surface area contributed by atoms with Crippen LogP contribution in [0, 0.1) is 0 Å². The number of hydrogen-bond donors (Lipinski definition) is 1. The molecule has 5 nitrogen and oxygen atoms in total. The molecule has 2 heterocycles. The quantitative estimate of drug-likeness (QED) is 0.938. The van der Waals surface area contributed by atoms with E-state index in [0.717, 1.165) is 18.3 Å². The van der Waals surface area contributed by atoms with E-state index < -0.39 is 23.5 Å². The summed E-state index contributed by atoms with van der Waals surface area (Å²) in [5.74, 6) is -1.27. The third-order valence-electron chi connectivity index (χ3n) is 2.25. The molecule has 0 bridgehead atoms. The van der Waals surface area contributed by atoms with Gasteiger partial charge in [-0.25, -0.2) is 4.98 Å². The molecule has 0 aliphatic rings. The third kappa shape index (κ3) is 3.02. The van der Waals surface area contributed by atoms with Crippen LogP contribution in [-0.2, 0) is 6.18 Å². The first kappa shape index (κ1) is 13.8. The van der Waals surface area contributed by atoms with Crippen LogP contribution in [0.1, 0.15) is 16.2 Å². The number of aromatic nitrogens is 2. The van der Waals surface area contributed by atoms with Crippen molar-refractivity contribution in [1.29, 1.82) is 0 Å². The van der Waals surface area contributed by atoms with Crippen LogP contribution in [0.3, 0.4) is 0 Å². The molecular weight excluding hydrogens is 275 g/mol. The predicted octanol–water partition coefficient (Wildman–Crippen LogP) is 2.39. The van der Waals surface area contributed by atoms with E-state index in [9.17, 15) is 18.0 Å². The Labute approximate surface area is 111 Å². The lowest BCUT2D eigenvalue weighted by Gasteiger charge is -2.12. The summed E-state index contributed by atoms with van der Waals surface area (Å²) in [5.41, 5.74) is 3.76. The van der Waals surface area contributed by atoms with Crippen molar-refractivity contribution in [2.45, 2.75) is 6.18 Å². The van der Waals surface area contributed by atoms with Crippen molar-refractivity contribution in [2.75, 3.05) is 0 Å². The summed E-state index contributed by atoms with van der Waals surface area (Å²) in [6.07, 6.45) is -2.42. The van der Waals surface area contributed by atoms with Gasteiger partial charge in [0.25, 0.3) is 5.91 Å². The molecule has 0 aromatic carbocycles. The van der Waals surface area contributed by atoms with Gasteiger partial charge in [0.05, 0.1) is 0 Å². The van der Waals surface area contributed by atoms with Crippen LogP contribution in [0.15, 0.2) is 36.7 Å². The molecule has 2 aromatic rings. The molecule has 0 saturated heterocycles. The van der Waals surface area contributed by atoms with E-state index in [1.165, 1.54) is 18.3 Å². The highest BCUT2D eigenvalue weighted by molar-refractivity contribution is 5.91. The number of alkyl halides is 3. The van der Waals surface area contributed by atoms with E-state index >= 15 is 0 Å². The van der Waals surface area contributed by atoms with Crippen molar-refractivity contribution in [3.63, 3.8) is 0 Å². The normalized spacial score (nSPS) is 11.2. The van der Waals surface area contributed by atoms with E-state index in [1.807, 2.05) is 0 Å². The number of hydrogen-bond acceptors (Lipinski definition) is 4. The highest BCUT2D eigenvalue weighted by atomic mass is 19.4. The fourth-order valence-electron chi connectivity index (χ4n) is 1.42. The molecule has 0 unspecified atom stereocenters. The fraction of sp³-hybridized carbons (Fsp3) is 0.0833. The van der Waals surface area contributed by atoms with Crippen LogP contribution in [0.5, 0.6) is 11.5 Å². The molecule has 0 radical (unpaired) electrons. The number of ether oxygens (including phenoxy) is 1. The highest BCUT2D eigenvalue weighted by Gasteiger charge is 2.36. The summed E-state index contributed by atoms with van der Waals surface area (Å²) in [6.45, 7) is 0. The Bertz CT molecular complexity index is 644. The lowest BCUT2D eigenvalue weighted by molar-refractivity contribution is -0.142. The zero-order valence-electron chi connectivity index (χ0n) is 9.89. The summed E-state index contributed by atoms with van der Waals surface area (Å²) in [4.78, 5) is 17.8. The average Bonchev–Trinajstić information content (AvgIpc) is 2.38. The molecule has 0 saturated carbocycles. The summed E-state index contributed by atoms with van der Waals surface area (Å²) < 4.78 is 43.3. The van der Waals surface area contributed by atoms with Gasteiger partial charge in [-0.05, 0) is 18.2 Å². The minimum absolute atomic E-state index is 0.00676. The monoisotopic (exact) mass is 283 g/mol. The zero-order valence-corrected chi connectivity index (χ0v) is 9.89. The standard InChI is InChI=1S/C12H8F3N3O2/c13-12(14,15)10-9(2-1-4-18-10)20-7-3-5-17-8(6-7)11(16)19/h1-6H,(H2,16,19). The molecule has 1 amide bonds. The van der Waals surface area contributed by atoms with Crippen molar-refractivity contribution in [3.8, 4) is 11.5 Å². The zero-order chi connectivity index (χ0) is 14.8. The Kier molecular flexibility index (Phi) is 3.55. The van der Waals surface area contributed by atoms with Gasteiger partial charge >= 0.3 is 6.18 Å². The molecule has 0 spiro atoms. The first-order valence-electron chi connectivity index (χ1n) is 5.34. The van der Waals surface area contributed by atoms with Crippen molar-refractivity contribution < 1.29 is 22.7 Å². The molecule has 0 atom stereocenters. The Morgan fingerprint density at radius 2 is 1.95 bits per heavy atom. The number of halogens is 3. The fourth-order valence-corrected chi connectivity index (χ4v) is 1.42. The van der Waals surface area contributed by atoms with Crippen molar-refractivity contribution in [1.82, 2.24) is 9.97 Å². The molecule has 0 aliphatic carbocycles. The number of primary amides is 1. The number of nitrogens with two attached hydrogens (primary N) is 1. The molecular formula is C12H8F3N3O2. The van der Waals surface area contributed by atoms with E-state index in [1.54, 1.807) is 0 Å². The smallest absolute Gasteiger partial charge is 0.437 e. The minimum atomic E-state index is -4.64. The summed E-state index contributed by atoms with van der Waals surface area (Å²) in [7, 11) is 0. The average molecular weight is 283 g/mol. The van der Waals surface area contributed by atoms with Crippen molar-refractivity contribution in [2.24, 2.45) is 5.73 Å². The lowest BCUT2D eigenvalue weighted by Crippen LogP contribution is -2.13. The second-order valence-electron chi connectivity index (χ2n) is 3.69. The number of pyridine rings is 2. The van der Waals surface area contributed by atoms with Crippen LogP contribution < -0.4 is 10.5 Å². The molecule has 2 aromatic heterocycles. The molecule has 104 valence electrons. The third-order valence-corrected chi connectivity index (χ3v) is 2.25. The molecule has 2 N–H and O–H groups in total. The van der Waals surface area contributed by atoms with Gasteiger partial charge in [-0.3, -0.25) is 9.78 Å². The maximum absolute atomic E-state index is 12.7. The maximum atomic E-state index is 12.7. The van der Waals surface area contributed by atoms with Crippen LogP contribution in [-0.4, -0.2) is 15.9 Å². The molecule has 0 fully saturated rings. The molecule has 0 aliphatic heterocycles. The van der Waals surface area contributed by atoms with Gasteiger partial charge in [-0.15, -0.1) is 0 Å². The maximum Gasteiger partial charge on any atom is 0.437 e. The number of carbonyl (C=O) groups excluding carboxylic acids is 1. The van der Waals surface area contributed by atoms with Crippen molar-refractivity contribution in [3.05, 3.63) is 48.0 Å². The van der Waals surface area contributed by atoms with Crippen LogP contribution in [0.25, 0.3) is 0 Å². The highest BCUT2D eigenvalue weighted by Crippen LogP contribution is 2.36. The van der Waals surface area contributed by atoms with Crippen molar-refractivity contribution >= 4 is 5.91 Å². The Morgan fingerprint density at radius 3 is 2.60 bits per heavy atom. The van der Waals surface area contributed by atoms with E-state index in [0.29, 0.717) is 0 Å². The summed E-state index contributed by atoms with van der Waals surface area (Å²) in [5, 5.41) is 0. The van der Waals surface area contributed by atoms with Gasteiger partial charge in [-0.2, -0.15) is 13.2 Å². The second-order valence-corrected chi connectivity index (χ2v) is 3.69.